The van der Waals surface area contributed by atoms with E-state index in [0.717, 1.165) is 57.4 Å². The highest BCUT2D eigenvalue weighted by molar-refractivity contribution is 5.93. The Hall–Kier alpha value is -1.62. The number of rotatable bonds is 3. The van der Waals surface area contributed by atoms with Crippen molar-refractivity contribution in [1.29, 1.82) is 0 Å². The van der Waals surface area contributed by atoms with Crippen LogP contribution in [0.1, 0.15) is 61.9 Å². The van der Waals surface area contributed by atoms with Gasteiger partial charge in [-0.1, -0.05) is 12.8 Å². The van der Waals surface area contributed by atoms with Gasteiger partial charge in [0.1, 0.15) is 5.69 Å². The maximum absolute atomic E-state index is 13.1. The fraction of sp³-hybridized carbons (Fsp3) is 0.700. The van der Waals surface area contributed by atoms with Crippen LogP contribution in [0.25, 0.3) is 0 Å². The molecule has 3 fully saturated rings. The Balaban J connectivity index is 1.52. The number of aliphatic hydroxyl groups is 1. The zero-order chi connectivity index (χ0) is 17.2. The predicted octanol–water partition coefficient (Wildman–Crippen LogP) is 2.84. The van der Waals surface area contributed by atoms with Crippen LogP contribution in [-0.4, -0.2) is 52.7 Å². The summed E-state index contributed by atoms with van der Waals surface area (Å²) in [4.78, 5) is 21.8. The molecule has 136 valence electrons. The van der Waals surface area contributed by atoms with Gasteiger partial charge in [0.05, 0.1) is 6.10 Å². The molecule has 2 saturated heterocycles. The molecule has 2 aliphatic heterocycles. The summed E-state index contributed by atoms with van der Waals surface area (Å²) < 4.78 is 0. The Kier molecular flexibility index (Phi) is 4.93. The van der Waals surface area contributed by atoms with Crippen molar-refractivity contribution >= 4 is 11.6 Å². The maximum atomic E-state index is 13.1. The highest BCUT2D eigenvalue weighted by Crippen LogP contribution is 2.35. The molecule has 4 rings (SSSR count). The summed E-state index contributed by atoms with van der Waals surface area (Å²) in [6.45, 7) is 2.93. The highest BCUT2D eigenvalue weighted by atomic mass is 16.3. The van der Waals surface area contributed by atoms with Gasteiger partial charge in [-0.15, -0.1) is 0 Å². The van der Waals surface area contributed by atoms with Crippen LogP contribution < -0.4 is 4.90 Å². The second-order valence-corrected chi connectivity index (χ2v) is 7.82. The van der Waals surface area contributed by atoms with Gasteiger partial charge in [0.15, 0.2) is 0 Å². The van der Waals surface area contributed by atoms with Crippen molar-refractivity contribution in [3.05, 3.63) is 24.0 Å². The molecule has 5 nitrogen and oxygen atoms in total. The van der Waals surface area contributed by atoms with Crippen molar-refractivity contribution in [3.8, 4) is 0 Å². The third-order valence-electron chi connectivity index (χ3n) is 6.27. The topological polar surface area (TPSA) is 56.7 Å². The van der Waals surface area contributed by atoms with Crippen molar-refractivity contribution < 1.29 is 9.90 Å². The Morgan fingerprint density at radius 1 is 1.04 bits per heavy atom. The molecule has 1 N–H and O–H groups in total. The van der Waals surface area contributed by atoms with Crippen LogP contribution >= 0.6 is 0 Å². The first kappa shape index (κ1) is 16.8. The standard InChI is InChI=1S/C20H29N3O2/c24-19-8-2-1-6-16(19)18-7-5-13-23(18)20(25)17-14-15(9-10-21-17)22-11-3-4-12-22/h9-10,14,16,18-19,24H,1-8,11-13H2/t16-,18+,19-/m0/s1. The number of hydrogen-bond donors (Lipinski definition) is 1. The summed E-state index contributed by atoms with van der Waals surface area (Å²) >= 11 is 0. The van der Waals surface area contributed by atoms with E-state index in [4.69, 9.17) is 0 Å². The molecule has 0 bridgehead atoms. The first-order chi connectivity index (χ1) is 12.2. The Morgan fingerprint density at radius 3 is 2.64 bits per heavy atom. The third kappa shape index (κ3) is 3.39. The fourth-order valence-corrected chi connectivity index (χ4v) is 4.93. The molecule has 0 spiro atoms. The molecular formula is C20H29N3O2. The van der Waals surface area contributed by atoms with E-state index in [1.807, 2.05) is 17.0 Å². The molecule has 0 aromatic carbocycles. The molecule has 1 aromatic rings. The lowest BCUT2D eigenvalue weighted by atomic mass is 9.80. The van der Waals surface area contributed by atoms with Crippen molar-refractivity contribution in [2.45, 2.75) is 63.5 Å². The van der Waals surface area contributed by atoms with Crippen molar-refractivity contribution in [2.24, 2.45) is 5.92 Å². The number of anilines is 1. The number of aromatic nitrogens is 1. The number of carbonyl (C=O) groups is 1. The molecule has 0 radical (unpaired) electrons. The summed E-state index contributed by atoms with van der Waals surface area (Å²) in [5.74, 6) is 0.281. The van der Waals surface area contributed by atoms with Gasteiger partial charge >= 0.3 is 0 Å². The molecule has 1 amide bonds. The third-order valence-corrected chi connectivity index (χ3v) is 6.27. The maximum Gasteiger partial charge on any atom is 0.272 e. The minimum atomic E-state index is -0.254. The van der Waals surface area contributed by atoms with E-state index >= 15 is 0 Å². The molecule has 1 aliphatic carbocycles. The van der Waals surface area contributed by atoms with E-state index in [0.29, 0.717) is 5.69 Å². The van der Waals surface area contributed by atoms with E-state index in [-0.39, 0.29) is 24.0 Å². The SMILES string of the molecule is O=C(c1cc(N2CCCC2)ccn1)N1CCC[C@@H]1[C@@H]1CCCC[C@@H]1O. The van der Waals surface area contributed by atoms with Crippen LogP contribution in [0.3, 0.4) is 0 Å². The summed E-state index contributed by atoms with van der Waals surface area (Å²) in [5.41, 5.74) is 1.67. The van der Waals surface area contributed by atoms with E-state index in [2.05, 4.69) is 9.88 Å². The highest BCUT2D eigenvalue weighted by Gasteiger charge is 2.39. The van der Waals surface area contributed by atoms with Gasteiger partial charge in [0.2, 0.25) is 0 Å². The molecule has 3 heterocycles. The second kappa shape index (κ2) is 7.32. The lowest BCUT2D eigenvalue weighted by molar-refractivity contribution is 0.0209. The van der Waals surface area contributed by atoms with Gasteiger partial charge in [-0.3, -0.25) is 9.78 Å². The first-order valence-electron chi connectivity index (χ1n) is 9.94. The predicted molar refractivity (Wildman–Crippen MR) is 97.7 cm³/mol. The van der Waals surface area contributed by atoms with Gasteiger partial charge in [0.25, 0.3) is 5.91 Å². The molecule has 25 heavy (non-hydrogen) atoms. The van der Waals surface area contributed by atoms with Crippen LogP contribution in [0.5, 0.6) is 0 Å². The molecule has 3 atom stereocenters. The molecular weight excluding hydrogens is 314 g/mol. The number of pyridine rings is 1. The summed E-state index contributed by atoms with van der Waals surface area (Å²) in [5, 5.41) is 10.4. The van der Waals surface area contributed by atoms with Crippen LogP contribution in [0.2, 0.25) is 0 Å². The number of nitrogens with zero attached hydrogens (tertiary/aromatic N) is 3. The number of hydrogen-bond acceptors (Lipinski definition) is 4. The normalized spacial score (nSPS) is 30.0. The van der Waals surface area contributed by atoms with Gasteiger partial charge in [-0.2, -0.15) is 0 Å². The smallest absolute Gasteiger partial charge is 0.272 e. The number of amides is 1. The molecule has 1 aromatic heterocycles. The van der Waals surface area contributed by atoms with Crippen molar-refractivity contribution in [2.75, 3.05) is 24.5 Å². The summed E-state index contributed by atoms with van der Waals surface area (Å²) in [7, 11) is 0. The average molecular weight is 343 g/mol. The summed E-state index contributed by atoms with van der Waals surface area (Å²) in [6, 6.07) is 4.15. The minimum Gasteiger partial charge on any atom is -0.393 e. The lowest BCUT2D eigenvalue weighted by Gasteiger charge is -2.37. The average Bonchev–Trinajstić information content (AvgIpc) is 3.33. The van der Waals surface area contributed by atoms with Crippen LogP contribution in [0.15, 0.2) is 18.3 Å². The van der Waals surface area contributed by atoms with Crippen molar-refractivity contribution in [1.82, 2.24) is 9.88 Å². The molecule has 3 aliphatic rings. The first-order valence-corrected chi connectivity index (χ1v) is 9.94. The van der Waals surface area contributed by atoms with E-state index in [1.54, 1.807) is 6.20 Å². The van der Waals surface area contributed by atoms with Gasteiger partial charge in [-0.25, -0.2) is 0 Å². The summed E-state index contributed by atoms with van der Waals surface area (Å²) in [6.07, 6.45) is 10.2. The zero-order valence-corrected chi connectivity index (χ0v) is 14.9. The van der Waals surface area contributed by atoms with Gasteiger partial charge < -0.3 is 14.9 Å². The van der Waals surface area contributed by atoms with Crippen molar-refractivity contribution in [3.63, 3.8) is 0 Å². The Bertz CT molecular complexity index is 615. The van der Waals surface area contributed by atoms with E-state index in [1.165, 1.54) is 19.3 Å². The number of likely N-dealkylation sites (tertiary alicyclic amines) is 1. The van der Waals surface area contributed by atoms with E-state index < -0.39 is 0 Å². The number of aliphatic hydroxyl groups excluding tert-OH is 1. The monoisotopic (exact) mass is 343 g/mol. The molecule has 5 heteroatoms. The number of carbonyl (C=O) groups excluding carboxylic acids is 1. The second-order valence-electron chi connectivity index (χ2n) is 7.82. The van der Waals surface area contributed by atoms with Crippen LogP contribution in [0.4, 0.5) is 5.69 Å². The largest absolute Gasteiger partial charge is 0.393 e. The van der Waals surface area contributed by atoms with Crippen LogP contribution in [0, 0.1) is 5.92 Å². The Morgan fingerprint density at radius 2 is 1.84 bits per heavy atom. The Labute approximate surface area is 150 Å². The van der Waals surface area contributed by atoms with Gasteiger partial charge in [0, 0.05) is 43.5 Å². The van der Waals surface area contributed by atoms with Gasteiger partial charge in [-0.05, 0) is 50.7 Å². The van der Waals surface area contributed by atoms with E-state index in [9.17, 15) is 9.90 Å². The lowest BCUT2D eigenvalue weighted by Crippen LogP contribution is -2.45. The minimum absolute atomic E-state index is 0.0429. The van der Waals surface area contributed by atoms with Crippen LogP contribution in [-0.2, 0) is 0 Å². The molecule has 1 saturated carbocycles. The fourth-order valence-electron chi connectivity index (χ4n) is 4.93. The molecule has 0 unspecified atom stereocenters. The zero-order valence-electron chi connectivity index (χ0n) is 14.9. The quantitative estimate of drug-likeness (QED) is 0.917.